The van der Waals surface area contributed by atoms with Gasteiger partial charge in [0.15, 0.2) is 15.4 Å². The van der Waals surface area contributed by atoms with E-state index in [0.717, 1.165) is 0 Å². The van der Waals surface area contributed by atoms with Gasteiger partial charge in [-0.3, -0.25) is 4.57 Å². The summed E-state index contributed by atoms with van der Waals surface area (Å²) >= 11 is 11.8. The molecule has 0 spiro atoms. The van der Waals surface area contributed by atoms with E-state index in [-0.39, 0.29) is 10.6 Å². The molecule has 0 fully saturated rings. The summed E-state index contributed by atoms with van der Waals surface area (Å²) in [5.74, 6) is -0.759. The third-order valence-electron chi connectivity index (χ3n) is 3.76. The van der Waals surface area contributed by atoms with Crippen LogP contribution in [0.2, 0.25) is 10.0 Å². The smallest absolute Gasteiger partial charge is 0.408 e. The Bertz CT molecular complexity index is 1110. The van der Waals surface area contributed by atoms with Gasteiger partial charge in [-0.15, -0.1) is 0 Å². The van der Waals surface area contributed by atoms with Crippen molar-refractivity contribution in [1.29, 1.82) is 0 Å². The third-order valence-corrected chi connectivity index (χ3v) is 6.33. The van der Waals surface area contributed by atoms with Gasteiger partial charge in [0.1, 0.15) is 0 Å². The second-order valence-electron chi connectivity index (χ2n) is 5.52. The number of hydrogen-bond donors (Lipinski definition) is 0. The Balaban J connectivity index is 2.10. The Morgan fingerprint density at radius 1 is 1.12 bits per heavy atom. The van der Waals surface area contributed by atoms with E-state index in [0.29, 0.717) is 32.3 Å². The lowest BCUT2D eigenvalue weighted by atomic mass is 10.2. The molecule has 0 radical (unpaired) electrons. The summed E-state index contributed by atoms with van der Waals surface area (Å²) in [6.45, 7) is 1.66. The monoisotopic (exact) mass is 385 g/mol. The van der Waals surface area contributed by atoms with Crippen LogP contribution in [0, 0.1) is 6.92 Å². The quantitative estimate of drug-likeness (QED) is 0.688. The Hall–Kier alpha value is -1.76. The van der Waals surface area contributed by atoms with E-state index < -0.39 is 15.6 Å². The lowest BCUT2D eigenvalue weighted by Gasteiger charge is -2.09. The number of nitrogens with zero attached hydrogens (tertiary/aromatic N) is 1. The van der Waals surface area contributed by atoms with Crippen molar-refractivity contribution in [1.82, 2.24) is 4.57 Å². The summed E-state index contributed by atoms with van der Waals surface area (Å²) in [6, 6.07) is 7.72. The standard InChI is InChI=1S/C16H13Cl2NO4S/c1-9-5-14-13(19(2)16(20)23-14)7-15(9)24(21,22)8-10-3-4-11(17)12(18)6-10/h3-7H,8H2,1-2H3. The Kier molecular flexibility index (Phi) is 4.23. The molecule has 5 nitrogen and oxygen atoms in total. The summed E-state index contributed by atoms with van der Waals surface area (Å²) in [4.78, 5) is 11.7. The second kappa shape index (κ2) is 5.95. The number of benzene rings is 2. The van der Waals surface area contributed by atoms with Crippen LogP contribution >= 0.6 is 23.2 Å². The maximum Gasteiger partial charge on any atom is 0.419 e. The molecule has 0 bridgehead atoms. The van der Waals surface area contributed by atoms with Crippen LogP contribution in [0.25, 0.3) is 11.1 Å². The van der Waals surface area contributed by atoms with E-state index >= 15 is 0 Å². The van der Waals surface area contributed by atoms with E-state index in [2.05, 4.69) is 0 Å². The van der Waals surface area contributed by atoms with Gasteiger partial charge in [-0.05, 0) is 42.3 Å². The van der Waals surface area contributed by atoms with Gasteiger partial charge in [-0.2, -0.15) is 0 Å². The highest BCUT2D eigenvalue weighted by Crippen LogP contribution is 2.28. The van der Waals surface area contributed by atoms with Gasteiger partial charge in [0.05, 0.1) is 26.2 Å². The Labute approximate surface area is 148 Å². The van der Waals surface area contributed by atoms with Crippen molar-refractivity contribution >= 4 is 44.1 Å². The van der Waals surface area contributed by atoms with Crippen molar-refractivity contribution in [2.24, 2.45) is 7.05 Å². The maximum atomic E-state index is 12.8. The fourth-order valence-corrected chi connectivity index (χ4v) is 4.45. The first-order valence-electron chi connectivity index (χ1n) is 6.96. The van der Waals surface area contributed by atoms with Crippen molar-refractivity contribution in [3.63, 3.8) is 0 Å². The zero-order valence-electron chi connectivity index (χ0n) is 12.8. The molecule has 24 heavy (non-hydrogen) atoms. The number of rotatable bonds is 3. The lowest BCUT2D eigenvalue weighted by Crippen LogP contribution is -2.10. The molecule has 126 valence electrons. The van der Waals surface area contributed by atoms with Crippen molar-refractivity contribution < 1.29 is 12.8 Å². The van der Waals surface area contributed by atoms with Gasteiger partial charge in [0, 0.05) is 7.05 Å². The summed E-state index contributed by atoms with van der Waals surface area (Å²) < 4.78 is 31.9. The van der Waals surface area contributed by atoms with Crippen molar-refractivity contribution in [2.75, 3.05) is 0 Å². The Morgan fingerprint density at radius 2 is 1.83 bits per heavy atom. The predicted octanol–water partition coefficient (Wildman–Crippen LogP) is 3.72. The second-order valence-corrected chi connectivity index (χ2v) is 8.29. The van der Waals surface area contributed by atoms with Gasteiger partial charge >= 0.3 is 5.76 Å². The number of halogens is 2. The molecule has 0 aliphatic heterocycles. The summed E-state index contributed by atoms with van der Waals surface area (Å²) in [7, 11) is -2.10. The van der Waals surface area contributed by atoms with Crippen LogP contribution in [0.3, 0.4) is 0 Å². The molecular formula is C16H13Cl2NO4S. The molecule has 0 unspecified atom stereocenters. The minimum Gasteiger partial charge on any atom is -0.408 e. The Morgan fingerprint density at radius 3 is 2.50 bits per heavy atom. The highest BCUT2D eigenvalue weighted by atomic mass is 35.5. The maximum absolute atomic E-state index is 12.8. The average molecular weight is 386 g/mol. The van der Waals surface area contributed by atoms with Crippen LogP contribution < -0.4 is 5.76 Å². The van der Waals surface area contributed by atoms with Crippen LogP contribution in [-0.4, -0.2) is 13.0 Å². The molecule has 0 atom stereocenters. The molecule has 3 rings (SSSR count). The highest BCUT2D eigenvalue weighted by molar-refractivity contribution is 7.90. The number of aryl methyl sites for hydroxylation is 2. The van der Waals surface area contributed by atoms with E-state index in [4.69, 9.17) is 27.6 Å². The van der Waals surface area contributed by atoms with E-state index in [1.54, 1.807) is 25.1 Å². The molecule has 0 amide bonds. The zero-order valence-corrected chi connectivity index (χ0v) is 15.2. The minimum absolute atomic E-state index is 0.150. The molecular weight excluding hydrogens is 373 g/mol. The van der Waals surface area contributed by atoms with Gasteiger partial charge in [0.2, 0.25) is 0 Å². The van der Waals surface area contributed by atoms with Gasteiger partial charge < -0.3 is 4.42 Å². The topological polar surface area (TPSA) is 69.3 Å². The first-order chi connectivity index (χ1) is 11.2. The van der Waals surface area contributed by atoms with Gasteiger partial charge in [0.25, 0.3) is 0 Å². The molecule has 8 heteroatoms. The first-order valence-corrected chi connectivity index (χ1v) is 9.37. The highest BCUT2D eigenvalue weighted by Gasteiger charge is 2.21. The normalized spacial score (nSPS) is 12.0. The minimum atomic E-state index is -3.63. The molecule has 0 saturated carbocycles. The van der Waals surface area contributed by atoms with Crippen molar-refractivity contribution in [3.8, 4) is 0 Å². The van der Waals surface area contributed by atoms with Gasteiger partial charge in [-0.1, -0.05) is 29.3 Å². The molecule has 1 aromatic heterocycles. The van der Waals surface area contributed by atoms with Crippen LogP contribution in [0.15, 0.2) is 44.4 Å². The molecule has 1 heterocycles. The third kappa shape index (κ3) is 2.97. The number of oxazole rings is 1. The summed E-state index contributed by atoms with van der Waals surface area (Å²) in [5.41, 5.74) is 1.83. The average Bonchev–Trinajstić information content (AvgIpc) is 2.76. The summed E-state index contributed by atoms with van der Waals surface area (Å²) in [5, 5.41) is 0.664. The summed E-state index contributed by atoms with van der Waals surface area (Å²) in [6.07, 6.45) is 0. The fraction of sp³-hybridized carbons (Fsp3) is 0.188. The van der Waals surface area contributed by atoms with Crippen LogP contribution in [0.1, 0.15) is 11.1 Å². The molecule has 2 aromatic carbocycles. The largest absolute Gasteiger partial charge is 0.419 e. The molecule has 0 aliphatic carbocycles. The van der Waals surface area contributed by atoms with Crippen molar-refractivity contribution in [2.45, 2.75) is 17.6 Å². The molecule has 0 aliphatic rings. The number of fused-ring (bicyclic) bond motifs is 1. The number of aromatic nitrogens is 1. The van der Waals surface area contributed by atoms with Crippen molar-refractivity contribution in [3.05, 3.63) is 62.1 Å². The molecule has 0 N–H and O–H groups in total. The predicted molar refractivity (Wildman–Crippen MR) is 93.5 cm³/mol. The van der Waals surface area contributed by atoms with Crippen LogP contribution in [0.5, 0.6) is 0 Å². The van der Waals surface area contributed by atoms with Crippen LogP contribution in [-0.2, 0) is 22.6 Å². The van der Waals surface area contributed by atoms with E-state index in [9.17, 15) is 13.2 Å². The number of hydrogen-bond acceptors (Lipinski definition) is 4. The SMILES string of the molecule is Cc1cc2oc(=O)n(C)c2cc1S(=O)(=O)Cc1ccc(Cl)c(Cl)c1. The van der Waals surface area contributed by atoms with Gasteiger partial charge in [-0.25, -0.2) is 13.2 Å². The molecule has 0 saturated heterocycles. The lowest BCUT2D eigenvalue weighted by molar-refractivity contribution is 0.528. The number of sulfone groups is 1. The fourth-order valence-electron chi connectivity index (χ4n) is 2.52. The van der Waals surface area contributed by atoms with E-state index in [1.807, 2.05) is 0 Å². The first kappa shape index (κ1) is 17.1. The zero-order chi connectivity index (χ0) is 17.6. The molecule has 3 aromatic rings. The van der Waals surface area contributed by atoms with E-state index in [1.165, 1.54) is 23.7 Å². The van der Waals surface area contributed by atoms with Crippen LogP contribution in [0.4, 0.5) is 0 Å².